The maximum atomic E-state index is 11.9. The Kier molecular flexibility index (Phi) is 5.45. The van der Waals surface area contributed by atoms with E-state index in [2.05, 4.69) is 12.2 Å². The molecule has 1 saturated heterocycles. The Morgan fingerprint density at radius 1 is 1.35 bits per heavy atom. The molecule has 2 amide bonds. The normalized spacial score (nSPS) is 24.5. The van der Waals surface area contributed by atoms with E-state index in [-0.39, 0.29) is 23.8 Å². The summed E-state index contributed by atoms with van der Waals surface area (Å²) in [6.07, 6.45) is 3.92. The van der Waals surface area contributed by atoms with E-state index in [1.807, 2.05) is 11.8 Å². The molecule has 1 heterocycles. The van der Waals surface area contributed by atoms with Crippen LogP contribution in [-0.2, 0) is 9.59 Å². The lowest BCUT2D eigenvalue weighted by Gasteiger charge is -2.36. The summed E-state index contributed by atoms with van der Waals surface area (Å²) in [5.41, 5.74) is 0. The fourth-order valence-corrected chi connectivity index (χ4v) is 2.29. The molecule has 4 nitrogen and oxygen atoms in total. The molecule has 0 saturated carbocycles. The first-order valence-electron chi connectivity index (χ1n) is 6.61. The molecular formula is C13H24N2O2. The minimum absolute atomic E-state index is 0.0213. The zero-order valence-corrected chi connectivity index (χ0v) is 11.2. The molecule has 2 atom stereocenters. The van der Waals surface area contributed by atoms with E-state index < -0.39 is 0 Å². The van der Waals surface area contributed by atoms with Crippen molar-refractivity contribution < 1.29 is 9.59 Å². The van der Waals surface area contributed by atoms with E-state index in [0.29, 0.717) is 6.54 Å². The predicted molar refractivity (Wildman–Crippen MR) is 67.5 cm³/mol. The summed E-state index contributed by atoms with van der Waals surface area (Å²) in [4.78, 5) is 25.1. The molecule has 1 N–H and O–H groups in total. The van der Waals surface area contributed by atoms with Gasteiger partial charge in [-0.2, -0.15) is 0 Å². The van der Waals surface area contributed by atoms with E-state index in [1.54, 1.807) is 6.92 Å². The Balaban J connectivity index is 2.44. The predicted octanol–water partition coefficient (Wildman–Crippen LogP) is 1.55. The molecule has 0 aromatic rings. The van der Waals surface area contributed by atoms with Crippen molar-refractivity contribution in [3.8, 4) is 0 Å². The standard InChI is InChI=1S/C13H24N2O2/c1-4-5-8-14-13(17)12-7-6-10(2)15(9-12)11(3)16/h10,12H,4-9H2,1-3H3,(H,14,17)/t10-,12+/m0/s1. The summed E-state index contributed by atoms with van der Waals surface area (Å²) in [5.74, 6) is 0.159. The molecule has 0 radical (unpaired) electrons. The zero-order chi connectivity index (χ0) is 12.8. The topological polar surface area (TPSA) is 49.4 Å². The second-order valence-electron chi connectivity index (χ2n) is 4.94. The minimum atomic E-state index is -0.0213. The Morgan fingerprint density at radius 2 is 2.06 bits per heavy atom. The van der Waals surface area contributed by atoms with Crippen molar-refractivity contribution in [2.24, 2.45) is 5.92 Å². The first-order chi connectivity index (χ1) is 8.06. The average Bonchev–Trinajstić information content (AvgIpc) is 2.29. The van der Waals surface area contributed by atoms with Gasteiger partial charge in [0, 0.05) is 26.1 Å². The quantitative estimate of drug-likeness (QED) is 0.758. The summed E-state index contributed by atoms with van der Waals surface area (Å²) < 4.78 is 0. The fraction of sp³-hybridized carbons (Fsp3) is 0.846. The van der Waals surface area contributed by atoms with Crippen LogP contribution in [0.3, 0.4) is 0 Å². The van der Waals surface area contributed by atoms with Crippen LogP contribution in [0.25, 0.3) is 0 Å². The van der Waals surface area contributed by atoms with Crippen LogP contribution in [-0.4, -0.2) is 35.8 Å². The van der Waals surface area contributed by atoms with Crippen LogP contribution in [0.1, 0.15) is 46.5 Å². The van der Waals surface area contributed by atoms with Crippen molar-refractivity contribution in [3.05, 3.63) is 0 Å². The van der Waals surface area contributed by atoms with Gasteiger partial charge in [-0.25, -0.2) is 0 Å². The smallest absolute Gasteiger partial charge is 0.224 e. The number of nitrogens with one attached hydrogen (secondary N) is 1. The van der Waals surface area contributed by atoms with Gasteiger partial charge in [0.1, 0.15) is 0 Å². The van der Waals surface area contributed by atoms with Crippen molar-refractivity contribution in [1.82, 2.24) is 10.2 Å². The van der Waals surface area contributed by atoms with Gasteiger partial charge < -0.3 is 10.2 Å². The molecule has 0 aromatic carbocycles. The van der Waals surface area contributed by atoms with Crippen LogP contribution < -0.4 is 5.32 Å². The third-order valence-corrected chi connectivity index (χ3v) is 3.49. The van der Waals surface area contributed by atoms with Crippen LogP contribution in [0.2, 0.25) is 0 Å². The minimum Gasteiger partial charge on any atom is -0.356 e. The molecule has 1 rings (SSSR count). The molecule has 0 aliphatic carbocycles. The van der Waals surface area contributed by atoms with Gasteiger partial charge in [0.05, 0.1) is 5.92 Å². The van der Waals surface area contributed by atoms with Gasteiger partial charge in [-0.15, -0.1) is 0 Å². The number of rotatable bonds is 4. The van der Waals surface area contributed by atoms with Crippen LogP contribution >= 0.6 is 0 Å². The fourth-order valence-electron chi connectivity index (χ4n) is 2.29. The van der Waals surface area contributed by atoms with E-state index in [0.717, 1.165) is 32.2 Å². The summed E-state index contributed by atoms with van der Waals surface area (Å²) in [5, 5.41) is 2.95. The number of amides is 2. The van der Waals surface area contributed by atoms with Gasteiger partial charge in [-0.3, -0.25) is 9.59 Å². The number of carbonyl (C=O) groups excluding carboxylic acids is 2. The maximum Gasteiger partial charge on any atom is 0.224 e. The van der Waals surface area contributed by atoms with Crippen molar-refractivity contribution in [2.75, 3.05) is 13.1 Å². The molecule has 17 heavy (non-hydrogen) atoms. The zero-order valence-electron chi connectivity index (χ0n) is 11.2. The average molecular weight is 240 g/mol. The summed E-state index contributed by atoms with van der Waals surface area (Å²) >= 11 is 0. The SMILES string of the molecule is CCCCNC(=O)[C@@H]1CC[C@H](C)N(C(C)=O)C1. The molecule has 1 aliphatic heterocycles. The van der Waals surface area contributed by atoms with Gasteiger partial charge >= 0.3 is 0 Å². The highest BCUT2D eigenvalue weighted by molar-refractivity contribution is 5.80. The third-order valence-electron chi connectivity index (χ3n) is 3.49. The van der Waals surface area contributed by atoms with Crippen LogP contribution in [0, 0.1) is 5.92 Å². The first kappa shape index (κ1) is 14.0. The van der Waals surface area contributed by atoms with Gasteiger partial charge in [0.25, 0.3) is 0 Å². The van der Waals surface area contributed by atoms with Gasteiger partial charge in [0.2, 0.25) is 11.8 Å². The van der Waals surface area contributed by atoms with Crippen molar-refractivity contribution >= 4 is 11.8 Å². The van der Waals surface area contributed by atoms with Crippen LogP contribution in [0.4, 0.5) is 0 Å². The molecule has 0 aromatic heterocycles. The number of hydrogen-bond donors (Lipinski definition) is 1. The van der Waals surface area contributed by atoms with E-state index >= 15 is 0 Å². The lowest BCUT2D eigenvalue weighted by molar-refractivity contribution is -0.136. The highest BCUT2D eigenvalue weighted by Gasteiger charge is 2.30. The number of piperidine rings is 1. The highest BCUT2D eigenvalue weighted by Crippen LogP contribution is 2.22. The first-order valence-corrected chi connectivity index (χ1v) is 6.61. The molecule has 0 bridgehead atoms. The van der Waals surface area contributed by atoms with Crippen LogP contribution in [0.15, 0.2) is 0 Å². The number of nitrogens with zero attached hydrogens (tertiary/aromatic N) is 1. The van der Waals surface area contributed by atoms with Crippen LogP contribution in [0.5, 0.6) is 0 Å². The lowest BCUT2D eigenvalue weighted by atomic mass is 9.92. The number of hydrogen-bond acceptors (Lipinski definition) is 2. The monoisotopic (exact) mass is 240 g/mol. The molecule has 0 spiro atoms. The summed E-state index contributed by atoms with van der Waals surface area (Å²) in [7, 11) is 0. The number of carbonyl (C=O) groups is 2. The maximum absolute atomic E-state index is 11.9. The lowest BCUT2D eigenvalue weighted by Crippen LogP contribution is -2.48. The largest absolute Gasteiger partial charge is 0.356 e. The van der Waals surface area contributed by atoms with Gasteiger partial charge in [0.15, 0.2) is 0 Å². The highest BCUT2D eigenvalue weighted by atomic mass is 16.2. The van der Waals surface area contributed by atoms with Crippen molar-refractivity contribution in [2.45, 2.75) is 52.5 Å². The Labute approximate surface area is 104 Å². The van der Waals surface area contributed by atoms with Crippen molar-refractivity contribution in [3.63, 3.8) is 0 Å². The number of likely N-dealkylation sites (tertiary alicyclic amines) is 1. The van der Waals surface area contributed by atoms with Gasteiger partial charge in [-0.1, -0.05) is 13.3 Å². The second kappa shape index (κ2) is 6.62. The molecular weight excluding hydrogens is 216 g/mol. The second-order valence-corrected chi connectivity index (χ2v) is 4.94. The number of unbranched alkanes of at least 4 members (excludes halogenated alkanes) is 1. The molecule has 4 heteroatoms. The molecule has 98 valence electrons. The Morgan fingerprint density at radius 3 is 2.65 bits per heavy atom. The van der Waals surface area contributed by atoms with E-state index in [9.17, 15) is 9.59 Å². The van der Waals surface area contributed by atoms with Crippen molar-refractivity contribution in [1.29, 1.82) is 0 Å². The third kappa shape index (κ3) is 4.02. The summed E-state index contributed by atoms with van der Waals surface area (Å²) in [6.45, 7) is 7.06. The van der Waals surface area contributed by atoms with Gasteiger partial charge in [-0.05, 0) is 26.2 Å². The molecule has 1 aliphatic rings. The Bertz CT molecular complexity index is 279. The summed E-state index contributed by atoms with van der Waals surface area (Å²) in [6, 6.07) is 0.271. The molecule has 0 unspecified atom stereocenters. The molecule has 1 fully saturated rings. The van der Waals surface area contributed by atoms with E-state index in [4.69, 9.17) is 0 Å². The van der Waals surface area contributed by atoms with E-state index in [1.165, 1.54) is 0 Å². The Hall–Kier alpha value is -1.06.